The van der Waals surface area contributed by atoms with Crippen LogP contribution in [-0.2, 0) is 0 Å². The molecule has 6 nitrogen and oxygen atoms in total. The average Bonchev–Trinajstić information content (AvgIpc) is 2.47. The summed E-state index contributed by atoms with van der Waals surface area (Å²) in [5.41, 5.74) is 5.47. The molecule has 0 aliphatic rings. The topological polar surface area (TPSA) is 76.1 Å². The number of aromatic nitrogens is 2. The van der Waals surface area contributed by atoms with E-state index in [1.807, 2.05) is 0 Å². The van der Waals surface area contributed by atoms with Gasteiger partial charge in [-0.1, -0.05) is 11.6 Å². The van der Waals surface area contributed by atoms with E-state index in [0.29, 0.717) is 4.47 Å². The van der Waals surface area contributed by atoms with Crippen LogP contribution in [0.5, 0.6) is 5.88 Å². The summed E-state index contributed by atoms with van der Waals surface area (Å²) in [6.07, 6.45) is 2.63. The number of nitrogens with one attached hydrogen (secondary N) is 2. The van der Waals surface area contributed by atoms with Crippen molar-refractivity contribution in [2.75, 3.05) is 12.5 Å². The third-order valence-corrected chi connectivity index (χ3v) is 3.51. The third-order valence-electron chi connectivity index (χ3n) is 2.38. The summed E-state index contributed by atoms with van der Waals surface area (Å²) in [4.78, 5) is 19.4. The van der Waals surface area contributed by atoms with Crippen LogP contribution >= 0.6 is 27.5 Å². The Morgan fingerprint density at radius 2 is 2.14 bits per heavy atom. The van der Waals surface area contributed by atoms with Crippen molar-refractivity contribution in [3.05, 3.63) is 45.5 Å². The first kappa shape index (κ1) is 15.5. The van der Waals surface area contributed by atoms with Gasteiger partial charge in [0.05, 0.1) is 29.0 Å². The van der Waals surface area contributed by atoms with E-state index in [9.17, 15) is 9.18 Å². The van der Waals surface area contributed by atoms with Gasteiger partial charge in [-0.25, -0.2) is 14.4 Å². The second-order valence-corrected chi connectivity index (χ2v) is 5.00. The number of hydrogen-bond donors (Lipinski definition) is 2. The van der Waals surface area contributed by atoms with Crippen molar-refractivity contribution in [3.63, 3.8) is 0 Å². The number of rotatable bonds is 4. The molecule has 0 aromatic carbocycles. The summed E-state index contributed by atoms with van der Waals surface area (Å²) in [5, 5.41) is 0.251. The highest BCUT2D eigenvalue weighted by molar-refractivity contribution is 9.10. The van der Waals surface area contributed by atoms with Gasteiger partial charge in [-0.2, -0.15) is 0 Å². The van der Waals surface area contributed by atoms with Crippen molar-refractivity contribution >= 4 is 39.1 Å². The average molecular weight is 376 g/mol. The molecule has 2 heterocycles. The molecule has 0 fully saturated rings. The Hall–Kier alpha value is -1.93. The van der Waals surface area contributed by atoms with Crippen molar-refractivity contribution in [2.24, 2.45) is 0 Å². The smallest absolute Gasteiger partial charge is 0.271 e. The Bertz CT molecular complexity index is 686. The Labute approximate surface area is 132 Å². The molecule has 0 unspecified atom stereocenters. The van der Waals surface area contributed by atoms with Crippen molar-refractivity contribution < 1.29 is 13.9 Å². The number of pyridine rings is 2. The van der Waals surface area contributed by atoms with Gasteiger partial charge in [-0.15, -0.1) is 0 Å². The van der Waals surface area contributed by atoms with Gasteiger partial charge < -0.3 is 4.74 Å². The van der Waals surface area contributed by atoms with Crippen LogP contribution in [0.2, 0.25) is 5.15 Å². The first-order valence-corrected chi connectivity index (χ1v) is 6.75. The van der Waals surface area contributed by atoms with Gasteiger partial charge in [-0.05, 0) is 22.0 Å². The molecule has 21 heavy (non-hydrogen) atoms. The minimum absolute atomic E-state index is 0.127. The van der Waals surface area contributed by atoms with E-state index >= 15 is 0 Å². The fraction of sp³-hybridized carbons (Fsp3) is 0.0833. The van der Waals surface area contributed by atoms with Crippen molar-refractivity contribution in [1.82, 2.24) is 15.4 Å². The second-order valence-electron chi connectivity index (χ2n) is 3.79. The van der Waals surface area contributed by atoms with Gasteiger partial charge in [0.15, 0.2) is 5.82 Å². The normalized spacial score (nSPS) is 10.1. The van der Waals surface area contributed by atoms with E-state index in [1.165, 1.54) is 25.6 Å². The van der Waals surface area contributed by atoms with Crippen LogP contribution in [0, 0.1) is 5.82 Å². The lowest BCUT2D eigenvalue weighted by Gasteiger charge is -2.09. The molecule has 0 saturated carbocycles. The van der Waals surface area contributed by atoms with E-state index in [-0.39, 0.29) is 22.3 Å². The highest BCUT2D eigenvalue weighted by Gasteiger charge is 2.10. The first-order chi connectivity index (χ1) is 10.0. The second kappa shape index (κ2) is 6.68. The minimum Gasteiger partial charge on any atom is -0.479 e. The minimum atomic E-state index is -0.646. The maximum absolute atomic E-state index is 13.4. The van der Waals surface area contributed by atoms with Gasteiger partial charge in [0.1, 0.15) is 5.15 Å². The van der Waals surface area contributed by atoms with Gasteiger partial charge >= 0.3 is 0 Å². The standard InChI is InChI=1S/C12H9BrClFN4O2/c1-21-12-9(15)3-7(5-17-12)18-19-11(20)6-2-8(13)10(14)16-4-6/h2-5,18H,1H3,(H,19,20). The molecule has 0 saturated heterocycles. The zero-order valence-corrected chi connectivity index (χ0v) is 13.0. The Morgan fingerprint density at radius 1 is 1.38 bits per heavy atom. The quantitative estimate of drug-likeness (QED) is 0.635. The summed E-state index contributed by atoms with van der Waals surface area (Å²) in [6, 6.07) is 2.65. The molecule has 0 atom stereocenters. The number of methoxy groups -OCH3 is 1. The van der Waals surface area contributed by atoms with Crippen LogP contribution in [0.15, 0.2) is 29.0 Å². The number of hydrogen-bond acceptors (Lipinski definition) is 5. The lowest BCUT2D eigenvalue weighted by Crippen LogP contribution is -2.29. The van der Waals surface area contributed by atoms with Crippen molar-refractivity contribution in [2.45, 2.75) is 0 Å². The largest absolute Gasteiger partial charge is 0.479 e. The van der Waals surface area contributed by atoms with Crippen LogP contribution in [-0.4, -0.2) is 23.0 Å². The van der Waals surface area contributed by atoms with Crippen molar-refractivity contribution in [3.8, 4) is 5.88 Å². The van der Waals surface area contributed by atoms with Crippen LogP contribution < -0.4 is 15.6 Å². The number of halogens is 3. The molecule has 0 bridgehead atoms. The summed E-state index contributed by atoms with van der Waals surface area (Å²) in [7, 11) is 1.31. The summed E-state index contributed by atoms with van der Waals surface area (Å²) >= 11 is 8.90. The van der Waals surface area contributed by atoms with Crippen LogP contribution in [0.3, 0.4) is 0 Å². The van der Waals surface area contributed by atoms with E-state index in [2.05, 4.69) is 36.7 Å². The van der Waals surface area contributed by atoms with E-state index in [1.54, 1.807) is 0 Å². The Kier molecular flexibility index (Phi) is 4.92. The zero-order valence-electron chi connectivity index (χ0n) is 10.7. The molecule has 9 heteroatoms. The van der Waals surface area contributed by atoms with Crippen LogP contribution in [0.1, 0.15) is 10.4 Å². The molecule has 0 radical (unpaired) electrons. The molecule has 2 N–H and O–H groups in total. The molecular formula is C12H9BrClFN4O2. The van der Waals surface area contributed by atoms with E-state index in [4.69, 9.17) is 16.3 Å². The Balaban J connectivity index is 2.03. The van der Waals surface area contributed by atoms with Gasteiger partial charge in [0.2, 0.25) is 5.88 Å². The van der Waals surface area contributed by atoms with E-state index in [0.717, 1.165) is 6.07 Å². The molecule has 0 aliphatic carbocycles. The lowest BCUT2D eigenvalue weighted by molar-refractivity contribution is 0.0962. The Morgan fingerprint density at radius 3 is 2.76 bits per heavy atom. The number of carbonyl (C=O) groups is 1. The molecule has 0 spiro atoms. The highest BCUT2D eigenvalue weighted by atomic mass is 79.9. The summed E-state index contributed by atoms with van der Waals surface area (Å²) < 4.78 is 18.6. The van der Waals surface area contributed by atoms with Crippen molar-refractivity contribution in [1.29, 1.82) is 0 Å². The first-order valence-electron chi connectivity index (χ1n) is 5.58. The van der Waals surface area contributed by atoms with Gasteiger partial charge in [-0.3, -0.25) is 15.6 Å². The number of amides is 1. The highest BCUT2D eigenvalue weighted by Crippen LogP contribution is 2.20. The molecule has 2 aromatic rings. The summed E-state index contributed by atoms with van der Waals surface area (Å²) in [5.74, 6) is -1.23. The maximum atomic E-state index is 13.4. The third kappa shape index (κ3) is 3.79. The molecule has 2 aromatic heterocycles. The number of anilines is 1. The number of ether oxygens (including phenoxy) is 1. The maximum Gasteiger partial charge on any atom is 0.271 e. The summed E-state index contributed by atoms with van der Waals surface area (Å²) in [6.45, 7) is 0. The molecule has 0 aliphatic heterocycles. The lowest BCUT2D eigenvalue weighted by atomic mass is 10.3. The molecular weight excluding hydrogens is 367 g/mol. The molecule has 110 valence electrons. The van der Waals surface area contributed by atoms with E-state index < -0.39 is 11.7 Å². The zero-order chi connectivity index (χ0) is 15.4. The predicted octanol–water partition coefficient (Wildman–Crippen LogP) is 2.80. The SMILES string of the molecule is COc1ncc(NNC(=O)c2cnc(Cl)c(Br)c2)cc1F. The van der Waals surface area contributed by atoms with Gasteiger partial charge in [0, 0.05) is 12.3 Å². The van der Waals surface area contributed by atoms with Crippen LogP contribution in [0.4, 0.5) is 10.1 Å². The monoisotopic (exact) mass is 374 g/mol. The fourth-order valence-electron chi connectivity index (χ4n) is 1.39. The predicted molar refractivity (Wildman–Crippen MR) is 78.8 cm³/mol. The molecule has 2 rings (SSSR count). The number of nitrogens with zero attached hydrogens (tertiary/aromatic N) is 2. The van der Waals surface area contributed by atoms with Crippen LogP contribution in [0.25, 0.3) is 0 Å². The number of carbonyl (C=O) groups excluding carboxylic acids is 1. The fourth-order valence-corrected chi connectivity index (χ4v) is 1.84. The van der Waals surface area contributed by atoms with Gasteiger partial charge in [0.25, 0.3) is 5.91 Å². The molecule has 1 amide bonds. The number of hydrazine groups is 1.